The third-order valence-corrected chi connectivity index (χ3v) is 1.52. The van der Waals surface area contributed by atoms with Crippen LogP contribution in [0, 0.1) is 0 Å². The van der Waals surface area contributed by atoms with Crippen LogP contribution in [0.4, 0.5) is 27.6 Å². The van der Waals surface area contributed by atoms with Gasteiger partial charge in [0.05, 0.1) is 0 Å². The van der Waals surface area contributed by atoms with E-state index in [1.165, 1.54) is 29.6 Å². The van der Waals surface area contributed by atoms with Gasteiger partial charge in [-0.2, -0.15) is 22.0 Å². The molecule has 0 fully saturated rings. The maximum Gasteiger partial charge on any atom is 0.396 e. The van der Waals surface area contributed by atoms with Gasteiger partial charge in [0.1, 0.15) is 6.42 Å². The Balaban J connectivity index is 2.65. The molecule has 1 nitrogen and oxygen atoms in total. The second kappa shape index (κ2) is 4.04. The molecule has 0 bridgehead atoms. The number of nitrogens with one attached hydrogen (secondary N) is 1. The smallest absolute Gasteiger partial charge is 0.327 e. The van der Waals surface area contributed by atoms with Crippen LogP contribution in [0.2, 0.25) is 0 Å². The van der Waals surface area contributed by atoms with Gasteiger partial charge in [-0.3, -0.25) is 0 Å². The molecule has 0 radical (unpaired) electrons. The Hall–Kier alpha value is -1.33. The van der Waals surface area contributed by atoms with E-state index in [0.717, 1.165) is 0 Å². The summed E-state index contributed by atoms with van der Waals surface area (Å²) in [5.74, 6) is 0. The highest BCUT2D eigenvalue weighted by Gasteiger charge is 2.43. The molecule has 1 aromatic carbocycles. The topological polar surface area (TPSA) is 12.0 Å². The van der Waals surface area contributed by atoms with Crippen molar-refractivity contribution in [3.05, 3.63) is 30.3 Å². The average molecular weight is 225 g/mol. The molecule has 0 aliphatic carbocycles. The van der Waals surface area contributed by atoms with Crippen molar-refractivity contribution >= 4 is 5.69 Å². The van der Waals surface area contributed by atoms with Gasteiger partial charge in [0.2, 0.25) is 0 Å². The van der Waals surface area contributed by atoms with Gasteiger partial charge in [-0.05, 0) is 12.1 Å². The van der Waals surface area contributed by atoms with Crippen LogP contribution in [0.1, 0.15) is 6.42 Å². The highest BCUT2D eigenvalue weighted by molar-refractivity contribution is 5.43. The van der Waals surface area contributed by atoms with E-state index >= 15 is 0 Å². The number of para-hydroxylation sites is 1. The van der Waals surface area contributed by atoms with E-state index in [2.05, 4.69) is 0 Å². The van der Waals surface area contributed by atoms with Crippen LogP contribution in [-0.2, 0) is 0 Å². The summed E-state index contributed by atoms with van der Waals surface area (Å²) in [6, 6.07) is 3.03. The number of halogens is 5. The number of hydrogen-bond acceptors (Lipinski definition) is 1. The third-order valence-electron chi connectivity index (χ3n) is 1.52. The van der Waals surface area contributed by atoms with Gasteiger partial charge in [-0.15, -0.1) is 0 Å². The van der Waals surface area contributed by atoms with Gasteiger partial charge in [-0.1, -0.05) is 18.2 Å². The first-order chi connectivity index (χ1) is 6.79. The number of rotatable bonds is 3. The highest BCUT2D eigenvalue weighted by Crippen LogP contribution is 2.32. The molecule has 6 heteroatoms. The maximum absolute atomic E-state index is 12.8. The molecule has 0 amide bonds. The lowest BCUT2D eigenvalue weighted by atomic mass is 10.3. The molecule has 0 saturated heterocycles. The Morgan fingerprint density at radius 3 is 1.93 bits per heavy atom. The SMILES string of the molecule is FC(F)(F)CC(F)(F)Nc1ccccc1. The zero-order valence-corrected chi connectivity index (χ0v) is 7.48. The minimum atomic E-state index is -4.90. The van der Waals surface area contributed by atoms with Crippen molar-refractivity contribution in [3.8, 4) is 0 Å². The molecule has 0 spiro atoms. The lowest BCUT2D eigenvalue weighted by molar-refractivity contribution is -0.179. The van der Waals surface area contributed by atoms with Crippen LogP contribution in [0.5, 0.6) is 0 Å². The van der Waals surface area contributed by atoms with Gasteiger partial charge in [0, 0.05) is 5.69 Å². The molecule has 0 aliphatic heterocycles. The van der Waals surface area contributed by atoms with Crippen LogP contribution in [-0.4, -0.2) is 12.2 Å². The van der Waals surface area contributed by atoms with Gasteiger partial charge >= 0.3 is 12.2 Å². The first kappa shape index (κ1) is 11.7. The van der Waals surface area contributed by atoms with Crippen LogP contribution in [0.15, 0.2) is 30.3 Å². The molecule has 0 atom stereocenters. The minimum Gasteiger partial charge on any atom is -0.327 e. The molecule has 84 valence electrons. The minimum absolute atomic E-state index is 0.0493. The molecular formula is C9H8F5N. The first-order valence-electron chi connectivity index (χ1n) is 4.06. The standard InChI is InChI=1S/C9H8F5N/c10-8(11,12)6-9(13,14)15-7-4-2-1-3-5-7/h1-5,15H,6H2. The average Bonchev–Trinajstić information content (AvgIpc) is 1.99. The number of hydrogen-bond donors (Lipinski definition) is 1. The summed E-state index contributed by atoms with van der Waals surface area (Å²) in [5, 5.41) is 1.52. The van der Waals surface area contributed by atoms with Crippen molar-refractivity contribution in [2.24, 2.45) is 0 Å². The lowest BCUT2D eigenvalue weighted by Gasteiger charge is -2.20. The Labute approximate surface area is 82.9 Å². The molecule has 0 aromatic heterocycles. The Bertz CT molecular complexity index is 306. The van der Waals surface area contributed by atoms with Crippen molar-refractivity contribution in [2.45, 2.75) is 18.6 Å². The summed E-state index contributed by atoms with van der Waals surface area (Å²) in [4.78, 5) is 0. The first-order valence-corrected chi connectivity index (χ1v) is 4.06. The molecule has 0 heterocycles. The van der Waals surface area contributed by atoms with Crippen molar-refractivity contribution in [2.75, 3.05) is 5.32 Å². The molecule has 0 unspecified atom stereocenters. The summed E-state index contributed by atoms with van der Waals surface area (Å²) in [6.07, 6.45) is -7.08. The van der Waals surface area contributed by atoms with Crippen LogP contribution in [0.25, 0.3) is 0 Å². The summed E-state index contributed by atoms with van der Waals surface area (Å²) < 4.78 is 60.8. The maximum atomic E-state index is 12.8. The number of anilines is 1. The fourth-order valence-corrected chi connectivity index (χ4v) is 1.03. The quantitative estimate of drug-likeness (QED) is 0.611. The fraction of sp³-hybridized carbons (Fsp3) is 0.333. The fourth-order valence-electron chi connectivity index (χ4n) is 1.03. The summed E-state index contributed by atoms with van der Waals surface area (Å²) in [6.45, 7) is 0. The molecular weight excluding hydrogens is 217 g/mol. The summed E-state index contributed by atoms with van der Waals surface area (Å²) in [5.41, 5.74) is -0.0493. The lowest BCUT2D eigenvalue weighted by Crippen LogP contribution is -2.33. The predicted octanol–water partition coefficient (Wildman–Crippen LogP) is 3.64. The third kappa shape index (κ3) is 4.62. The van der Waals surface area contributed by atoms with E-state index in [0.29, 0.717) is 0 Å². The number of benzene rings is 1. The monoisotopic (exact) mass is 225 g/mol. The Kier molecular flexibility index (Phi) is 3.16. The predicted molar refractivity (Wildman–Crippen MR) is 45.7 cm³/mol. The largest absolute Gasteiger partial charge is 0.396 e. The van der Waals surface area contributed by atoms with E-state index in [1.54, 1.807) is 6.07 Å². The molecule has 0 aliphatic rings. The van der Waals surface area contributed by atoms with Gasteiger partial charge in [0.15, 0.2) is 0 Å². The van der Waals surface area contributed by atoms with Crippen molar-refractivity contribution in [1.82, 2.24) is 0 Å². The highest BCUT2D eigenvalue weighted by atomic mass is 19.4. The molecule has 1 rings (SSSR count). The van der Waals surface area contributed by atoms with Crippen LogP contribution in [0.3, 0.4) is 0 Å². The van der Waals surface area contributed by atoms with E-state index in [-0.39, 0.29) is 5.69 Å². The van der Waals surface area contributed by atoms with Crippen LogP contribution < -0.4 is 5.32 Å². The van der Waals surface area contributed by atoms with Crippen molar-refractivity contribution in [1.29, 1.82) is 0 Å². The van der Waals surface area contributed by atoms with E-state index < -0.39 is 18.6 Å². The molecule has 15 heavy (non-hydrogen) atoms. The van der Waals surface area contributed by atoms with E-state index in [4.69, 9.17) is 0 Å². The molecule has 1 aromatic rings. The zero-order chi connectivity index (χ0) is 11.5. The van der Waals surface area contributed by atoms with E-state index in [1.807, 2.05) is 0 Å². The van der Waals surface area contributed by atoms with E-state index in [9.17, 15) is 22.0 Å². The van der Waals surface area contributed by atoms with Gasteiger partial charge < -0.3 is 5.32 Å². The van der Waals surface area contributed by atoms with Gasteiger partial charge in [-0.25, -0.2) is 0 Å². The van der Waals surface area contributed by atoms with Crippen LogP contribution >= 0.6 is 0 Å². The molecule has 1 N–H and O–H groups in total. The number of alkyl halides is 5. The Morgan fingerprint density at radius 1 is 0.933 bits per heavy atom. The van der Waals surface area contributed by atoms with Crippen molar-refractivity contribution in [3.63, 3.8) is 0 Å². The summed E-state index contributed by atoms with van der Waals surface area (Å²) in [7, 11) is 0. The Morgan fingerprint density at radius 2 is 1.47 bits per heavy atom. The summed E-state index contributed by atoms with van der Waals surface area (Å²) >= 11 is 0. The normalized spacial score (nSPS) is 12.6. The molecule has 0 saturated carbocycles. The zero-order valence-electron chi connectivity index (χ0n) is 7.48. The second-order valence-corrected chi connectivity index (χ2v) is 2.99. The van der Waals surface area contributed by atoms with Crippen molar-refractivity contribution < 1.29 is 22.0 Å². The van der Waals surface area contributed by atoms with Gasteiger partial charge in [0.25, 0.3) is 0 Å². The second-order valence-electron chi connectivity index (χ2n) is 2.99.